The van der Waals surface area contributed by atoms with E-state index in [0.717, 1.165) is 24.1 Å². The number of fused-ring (bicyclic) bond motifs is 3. The number of amides is 1. The number of aryl methyl sites for hydroxylation is 1. The van der Waals surface area contributed by atoms with Gasteiger partial charge in [0, 0.05) is 17.3 Å². The molecular formula is C17H20F3N3OS. The number of halogens is 3. The van der Waals surface area contributed by atoms with Crippen molar-refractivity contribution in [2.24, 2.45) is 11.8 Å². The summed E-state index contributed by atoms with van der Waals surface area (Å²) in [7, 11) is 0. The predicted molar refractivity (Wildman–Crippen MR) is 87.2 cm³/mol. The molecule has 1 amide bonds. The van der Waals surface area contributed by atoms with Crippen LogP contribution in [0.5, 0.6) is 0 Å². The van der Waals surface area contributed by atoms with Gasteiger partial charge in [-0.1, -0.05) is 18.2 Å². The molecule has 1 N–H and O–H groups in total. The lowest BCUT2D eigenvalue weighted by atomic mass is 9.95. The molecule has 25 heavy (non-hydrogen) atoms. The molecule has 136 valence electrons. The Morgan fingerprint density at radius 2 is 2.04 bits per heavy atom. The highest BCUT2D eigenvalue weighted by Crippen LogP contribution is 2.44. The second-order valence-corrected chi connectivity index (χ2v) is 8.21. The van der Waals surface area contributed by atoms with Gasteiger partial charge in [-0.25, -0.2) is 9.97 Å². The van der Waals surface area contributed by atoms with Gasteiger partial charge in [-0.05, 0) is 50.4 Å². The van der Waals surface area contributed by atoms with Crippen LogP contribution in [-0.4, -0.2) is 27.7 Å². The van der Waals surface area contributed by atoms with Crippen molar-refractivity contribution in [3.63, 3.8) is 0 Å². The normalized spacial score (nSPS) is 27.6. The Labute approximate surface area is 148 Å². The molecule has 4 rings (SSSR count). The van der Waals surface area contributed by atoms with Crippen LogP contribution in [0, 0.1) is 11.8 Å². The minimum absolute atomic E-state index is 0.0519. The number of alkyl halides is 3. The molecule has 0 aliphatic heterocycles. The maximum Gasteiger partial charge on any atom is 0.433 e. The van der Waals surface area contributed by atoms with Crippen LogP contribution in [0.4, 0.5) is 13.2 Å². The lowest BCUT2D eigenvalue weighted by Gasteiger charge is -2.22. The van der Waals surface area contributed by atoms with E-state index in [1.807, 2.05) is 0 Å². The van der Waals surface area contributed by atoms with E-state index < -0.39 is 11.9 Å². The number of aromatic nitrogens is 2. The summed E-state index contributed by atoms with van der Waals surface area (Å²) >= 11 is 0.994. The van der Waals surface area contributed by atoms with E-state index in [2.05, 4.69) is 15.3 Å². The molecular weight excluding hydrogens is 351 g/mol. The summed E-state index contributed by atoms with van der Waals surface area (Å²) in [4.78, 5) is 20.1. The van der Waals surface area contributed by atoms with Crippen molar-refractivity contribution >= 4 is 17.7 Å². The molecule has 0 spiro atoms. The fraction of sp³-hybridized carbons (Fsp3) is 0.706. The van der Waals surface area contributed by atoms with Crippen LogP contribution in [0.15, 0.2) is 5.16 Å². The molecule has 3 aliphatic carbocycles. The van der Waals surface area contributed by atoms with E-state index in [-0.39, 0.29) is 28.4 Å². The first kappa shape index (κ1) is 17.1. The number of carbonyl (C=O) groups is 1. The van der Waals surface area contributed by atoms with Gasteiger partial charge in [-0.3, -0.25) is 4.79 Å². The third-order valence-electron chi connectivity index (χ3n) is 5.60. The van der Waals surface area contributed by atoms with Crippen molar-refractivity contribution in [1.29, 1.82) is 0 Å². The summed E-state index contributed by atoms with van der Waals surface area (Å²) < 4.78 is 39.6. The third kappa shape index (κ3) is 3.50. The van der Waals surface area contributed by atoms with Crippen molar-refractivity contribution in [3.8, 4) is 0 Å². The van der Waals surface area contributed by atoms with Crippen molar-refractivity contribution in [2.75, 3.05) is 5.75 Å². The maximum atomic E-state index is 13.2. The summed E-state index contributed by atoms with van der Waals surface area (Å²) in [6.07, 6.45) is 1.78. The molecule has 2 fully saturated rings. The number of hydrogen-bond donors (Lipinski definition) is 1. The number of nitrogens with zero attached hydrogens (tertiary/aromatic N) is 2. The molecule has 2 bridgehead atoms. The fourth-order valence-corrected chi connectivity index (χ4v) is 5.18. The zero-order chi connectivity index (χ0) is 17.6. The first-order chi connectivity index (χ1) is 11.9. The zero-order valence-corrected chi connectivity index (χ0v) is 14.6. The Balaban J connectivity index is 1.40. The maximum absolute atomic E-state index is 13.2. The average Bonchev–Trinajstić information content (AvgIpc) is 3.27. The molecule has 0 radical (unpaired) electrons. The molecule has 3 aliphatic rings. The zero-order valence-electron chi connectivity index (χ0n) is 13.7. The number of hydrogen-bond acceptors (Lipinski definition) is 4. The van der Waals surface area contributed by atoms with Crippen molar-refractivity contribution in [2.45, 2.75) is 62.3 Å². The Morgan fingerprint density at radius 3 is 2.72 bits per heavy atom. The van der Waals surface area contributed by atoms with Gasteiger partial charge in [-0.15, -0.1) is 0 Å². The summed E-state index contributed by atoms with van der Waals surface area (Å²) in [6.45, 7) is 0. The van der Waals surface area contributed by atoms with Gasteiger partial charge < -0.3 is 5.32 Å². The summed E-state index contributed by atoms with van der Waals surface area (Å²) in [5, 5.41) is 3.09. The molecule has 4 nitrogen and oxygen atoms in total. The first-order valence-corrected chi connectivity index (χ1v) is 9.78. The minimum Gasteiger partial charge on any atom is -0.352 e. The van der Waals surface area contributed by atoms with E-state index in [0.29, 0.717) is 30.9 Å². The summed E-state index contributed by atoms with van der Waals surface area (Å²) in [5.41, 5.74) is -0.118. The Morgan fingerprint density at radius 1 is 1.20 bits per heavy atom. The Kier molecular flexibility index (Phi) is 4.42. The number of carbonyl (C=O) groups excluding carboxylic acids is 1. The molecule has 1 heterocycles. The molecule has 1 aromatic heterocycles. The van der Waals surface area contributed by atoms with E-state index in [1.165, 1.54) is 19.3 Å². The van der Waals surface area contributed by atoms with Gasteiger partial charge in [0.1, 0.15) is 0 Å². The largest absolute Gasteiger partial charge is 0.433 e. The molecule has 0 unspecified atom stereocenters. The Hall–Kier alpha value is -1.31. The van der Waals surface area contributed by atoms with Crippen LogP contribution in [0.2, 0.25) is 0 Å². The minimum atomic E-state index is -4.47. The molecule has 3 atom stereocenters. The van der Waals surface area contributed by atoms with Crippen LogP contribution in [-0.2, 0) is 23.8 Å². The fourth-order valence-electron chi connectivity index (χ4n) is 4.51. The van der Waals surface area contributed by atoms with Crippen LogP contribution >= 0.6 is 11.8 Å². The van der Waals surface area contributed by atoms with Gasteiger partial charge in [0.05, 0.1) is 5.75 Å². The van der Waals surface area contributed by atoms with Crippen LogP contribution in [0.3, 0.4) is 0 Å². The van der Waals surface area contributed by atoms with Crippen LogP contribution in [0.25, 0.3) is 0 Å². The SMILES string of the molecule is O=C(CSc1nc2c(c(C(F)(F)F)n1)CCC2)N[C@@H]1C[C@H]2CC[C@H]1C2. The van der Waals surface area contributed by atoms with Gasteiger partial charge >= 0.3 is 6.18 Å². The van der Waals surface area contributed by atoms with E-state index in [1.54, 1.807) is 0 Å². The molecule has 2 saturated carbocycles. The lowest BCUT2D eigenvalue weighted by Crippen LogP contribution is -2.39. The second kappa shape index (κ2) is 6.45. The number of thioether (sulfide) groups is 1. The Bertz CT molecular complexity index is 694. The first-order valence-electron chi connectivity index (χ1n) is 8.79. The van der Waals surface area contributed by atoms with E-state index >= 15 is 0 Å². The standard InChI is InChI=1S/C17H20F3N3OS/c18-17(19,20)15-11-2-1-3-12(11)22-16(23-15)25-8-14(24)21-13-7-9-4-5-10(13)6-9/h9-10,13H,1-8H2,(H,21,24)/t9-,10-,13+/m0/s1. The third-order valence-corrected chi connectivity index (χ3v) is 6.45. The molecule has 8 heteroatoms. The van der Waals surface area contributed by atoms with Gasteiger partial charge in [0.15, 0.2) is 10.9 Å². The smallest absolute Gasteiger partial charge is 0.352 e. The highest BCUT2D eigenvalue weighted by atomic mass is 32.2. The average molecular weight is 371 g/mol. The summed E-state index contributed by atoms with van der Waals surface area (Å²) in [5.74, 6) is 1.23. The quantitative estimate of drug-likeness (QED) is 0.651. The van der Waals surface area contributed by atoms with Crippen molar-refractivity contribution in [1.82, 2.24) is 15.3 Å². The summed E-state index contributed by atoms with van der Waals surface area (Å²) in [6, 6.07) is 0.235. The van der Waals surface area contributed by atoms with Crippen molar-refractivity contribution < 1.29 is 18.0 Å². The van der Waals surface area contributed by atoms with E-state index in [9.17, 15) is 18.0 Å². The molecule has 0 saturated heterocycles. The number of nitrogens with one attached hydrogen (secondary N) is 1. The van der Waals surface area contributed by atoms with Gasteiger partial charge in [0.2, 0.25) is 5.91 Å². The highest BCUT2D eigenvalue weighted by Gasteiger charge is 2.40. The van der Waals surface area contributed by atoms with Crippen LogP contribution in [0.1, 0.15) is 49.1 Å². The monoisotopic (exact) mass is 371 g/mol. The second-order valence-electron chi connectivity index (χ2n) is 7.27. The predicted octanol–water partition coefficient (Wildman–Crippen LogP) is 3.38. The van der Waals surface area contributed by atoms with Gasteiger partial charge in [-0.2, -0.15) is 13.2 Å². The lowest BCUT2D eigenvalue weighted by molar-refractivity contribution is -0.142. The number of rotatable bonds is 4. The van der Waals surface area contributed by atoms with Gasteiger partial charge in [0.25, 0.3) is 0 Å². The molecule has 1 aromatic rings. The van der Waals surface area contributed by atoms with E-state index in [4.69, 9.17) is 0 Å². The van der Waals surface area contributed by atoms with Crippen LogP contribution < -0.4 is 5.32 Å². The van der Waals surface area contributed by atoms with Crippen molar-refractivity contribution in [3.05, 3.63) is 17.0 Å². The molecule has 0 aromatic carbocycles. The highest BCUT2D eigenvalue weighted by molar-refractivity contribution is 7.99. The topological polar surface area (TPSA) is 54.9 Å².